The first-order valence-corrected chi connectivity index (χ1v) is 3.67. The van der Waals surface area contributed by atoms with Crippen LogP contribution < -0.4 is 17.2 Å². The van der Waals surface area contributed by atoms with E-state index in [0.717, 1.165) is 19.6 Å². The van der Waals surface area contributed by atoms with Crippen molar-refractivity contribution in [2.45, 2.75) is 0 Å². The average Bonchev–Trinajstić information content (AvgIpc) is 1.90. The second kappa shape index (κ2) is 10.8. The fourth-order valence-corrected chi connectivity index (χ4v) is 0.883. The summed E-state index contributed by atoms with van der Waals surface area (Å²) in [6.07, 6.45) is 0. The molecule has 6 N–H and O–H groups in total. The molecule has 64 valence electrons. The topological polar surface area (TPSA) is 81.3 Å². The number of nitrogens with zero attached hydrogens (tertiary/aromatic N) is 1. The SMILES string of the molecule is NCCN(CCN)CCN.[NaH]. The van der Waals surface area contributed by atoms with Gasteiger partial charge in [-0.15, -0.1) is 0 Å². The Morgan fingerprint density at radius 2 is 1.00 bits per heavy atom. The van der Waals surface area contributed by atoms with Crippen LogP contribution in [-0.4, -0.2) is 73.7 Å². The number of hydrogen-bond donors (Lipinski definition) is 3. The Labute approximate surface area is 90.8 Å². The molecule has 5 heteroatoms. The molecule has 0 aliphatic carbocycles. The van der Waals surface area contributed by atoms with E-state index >= 15 is 0 Å². The Morgan fingerprint density at radius 3 is 1.18 bits per heavy atom. The van der Waals surface area contributed by atoms with Gasteiger partial charge in [0.15, 0.2) is 0 Å². The molecule has 0 saturated heterocycles. The molecule has 0 amide bonds. The van der Waals surface area contributed by atoms with E-state index in [2.05, 4.69) is 4.90 Å². The second-order valence-corrected chi connectivity index (χ2v) is 2.21. The normalized spacial score (nSPS) is 9.82. The Balaban J connectivity index is 0. The van der Waals surface area contributed by atoms with Gasteiger partial charge in [-0.05, 0) is 0 Å². The zero-order chi connectivity index (χ0) is 7.82. The fraction of sp³-hybridized carbons (Fsp3) is 1.00. The molecule has 0 unspecified atom stereocenters. The Bertz CT molecular complexity index is 57.3. The van der Waals surface area contributed by atoms with E-state index in [0.29, 0.717) is 19.6 Å². The van der Waals surface area contributed by atoms with E-state index < -0.39 is 0 Å². The van der Waals surface area contributed by atoms with E-state index in [9.17, 15) is 0 Å². The van der Waals surface area contributed by atoms with E-state index in [1.54, 1.807) is 0 Å². The van der Waals surface area contributed by atoms with Gasteiger partial charge < -0.3 is 17.2 Å². The van der Waals surface area contributed by atoms with Crippen LogP contribution in [0.1, 0.15) is 0 Å². The summed E-state index contributed by atoms with van der Waals surface area (Å²) in [4.78, 5) is 2.17. The molecule has 0 spiro atoms. The van der Waals surface area contributed by atoms with Crippen LogP contribution in [0.2, 0.25) is 0 Å². The quantitative estimate of drug-likeness (QED) is 0.385. The predicted molar refractivity (Wildman–Crippen MR) is 50.8 cm³/mol. The van der Waals surface area contributed by atoms with Crippen molar-refractivity contribution in [1.82, 2.24) is 4.90 Å². The standard InChI is InChI=1S/C6H18N4.Na.H/c7-1-4-10(5-2-8)6-3-9;;/h1-9H2;;. The summed E-state index contributed by atoms with van der Waals surface area (Å²) >= 11 is 0. The van der Waals surface area contributed by atoms with Crippen LogP contribution in [0.3, 0.4) is 0 Å². The Morgan fingerprint density at radius 1 is 0.727 bits per heavy atom. The summed E-state index contributed by atoms with van der Waals surface area (Å²) in [6.45, 7) is 4.73. The van der Waals surface area contributed by atoms with Crippen LogP contribution in [0.25, 0.3) is 0 Å². The zero-order valence-corrected chi connectivity index (χ0v) is 6.42. The molecule has 0 radical (unpaired) electrons. The fourth-order valence-electron chi connectivity index (χ4n) is 0.883. The zero-order valence-electron chi connectivity index (χ0n) is 6.42. The summed E-state index contributed by atoms with van der Waals surface area (Å²) < 4.78 is 0. The van der Waals surface area contributed by atoms with Crippen molar-refractivity contribution in [3.05, 3.63) is 0 Å². The molecule has 4 nitrogen and oxygen atoms in total. The third-order valence-electron chi connectivity index (χ3n) is 1.34. The van der Waals surface area contributed by atoms with Gasteiger partial charge >= 0.3 is 29.6 Å². The van der Waals surface area contributed by atoms with E-state index in [-0.39, 0.29) is 29.6 Å². The number of hydrogen-bond acceptors (Lipinski definition) is 4. The van der Waals surface area contributed by atoms with E-state index in [1.807, 2.05) is 0 Å². The molecule has 0 bridgehead atoms. The maximum absolute atomic E-state index is 5.37. The molecular weight excluding hydrogens is 151 g/mol. The van der Waals surface area contributed by atoms with Crippen molar-refractivity contribution in [2.24, 2.45) is 17.2 Å². The predicted octanol–water partition coefficient (Wildman–Crippen LogP) is -2.48. The van der Waals surface area contributed by atoms with Crippen LogP contribution >= 0.6 is 0 Å². The summed E-state index contributed by atoms with van der Waals surface area (Å²) in [6, 6.07) is 0. The first kappa shape index (κ1) is 14.4. The van der Waals surface area contributed by atoms with Gasteiger partial charge in [0, 0.05) is 39.3 Å². The molecule has 0 fully saturated rings. The maximum atomic E-state index is 5.37. The van der Waals surface area contributed by atoms with Gasteiger partial charge in [0.05, 0.1) is 0 Å². The molecule has 0 saturated carbocycles. The molecule has 0 rings (SSSR count). The van der Waals surface area contributed by atoms with E-state index in [1.165, 1.54) is 0 Å². The molecule has 0 heterocycles. The minimum atomic E-state index is 0. The van der Waals surface area contributed by atoms with Crippen molar-refractivity contribution in [3.8, 4) is 0 Å². The van der Waals surface area contributed by atoms with Gasteiger partial charge in [0.1, 0.15) is 0 Å². The molecular formula is C6H19N4Na. The van der Waals surface area contributed by atoms with Crippen molar-refractivity contribution >= 4 is 29.6 Å². The van der Waals surface area contributed by atoms with Crippen molar-refractivity contribution in [3.63, 3.8) is 0 Å². The van der Waals surface area contributed by atoms with Gasteiger partial charge in [-0.25, -0.2) is 0 Å². The van der Waals surface area contributed by atoms with E-state index in [4.69, 9.17) is 17.2 Å². The summed E-state index contributed by atoms with van der Waals surface area (Å²) in [5, 5.41) is 0. The van der Waals surface area contributed by atoms with Crippen LogP contribution in [-0.2, 0) is 0 Å². The van der Waals surface area contributed by atoms with Gasteiger partial charge in [-0.2, -0.15) is 0 Å². The molecule has 0 aliphatic heterocycles. The molecule has 0 aromatic heterocycles. The second-order valence-electron chi connectivity index (χ2n) is 2.21. The summed E-state index contributed by atoms with van der Waals surface area (Å²) in [5.41, 5.74) is 16.1. The third kappa shape index (κ3) is 8.75. The third-order valence-corrected chi connectivity index (χ3v) is 1.34. The van der Waals surface area contributed by atoms with Gasteiger partial charge in [0.25, 0.3) is 0 Å². The molecule has 0 aromatic carbocycles. The monoisotopic (exact) mass is 170 g/mol. The summed E-state index contributed by atoms with van der Waals surface area (Å²) in [7, 11) is 0. The Hall–Kier alpha value is 0.840. The molecule has 11 heavy (non-hydrogen) atoms. The summed E-state index contributed by atoms with van der Waals surface area (Å²) in [5.74, 6) is 0. The first-order chi connectivity index (χ1) is 4.85. The minimum absolute atomic E-state index is 0. The van der Waals surface area contributed by atoms with Crippen molar-refractivity contribution in [1.29, 1.82) is 0 Å². The Kier molecular flexibility index (Phi) is 14.2. The molecule has 0 atom stereocenters. The van der Waals surface area contributed by atoms with Gasteiger partial charge in [-0.3, -0.25) is 4.90 Å². The van der Waals surface area contributed by atoms with Crippen LogP contribution in [0.4, 0.5) is 0 Å². The van der Waals surface area contributed by atoms with Crippen LogP contribution in [0.15, 0.2) is 0 Å². The van der Waals surface area contributed by atoms with Gasteiger partial charge in [-0.1, -0.05) is 0 Å². The van der Waals surface area contributed by atoms with Crippen molar-refractivity contribution < 1.29 is 0 Å². The molecule has 0 aliphatic rings. The number of rotatable bonds is 6. The van der Waals surface area contributed by atoms with Crippen LogP contribution in [0.5, 0.6) is 0 Å². The average molecular weight is 170 g/mol. The van der Waals surface area contributed by atoms with Crippen LogP contribution in [0, 0.1) is 0 Å². The number of nitrogens with two attached hydrogens (primary N) is 3. The van der Waals surface area contributed by atoms with Crippen molar-refractivity contribution in [2.75, 3.05) is 39.3 Å². The first-order valence-electron chi connectivity index (χ1n) is 3.67. The molecule has 0 aromatic rings. The van der Waals surface area contributed by atoms with Gasteiger partial charge in [0.2, 0.25) is 0 Å².